The smallest absolute Gasteiger partial charge is 0.407 e. The van der Waals surface area contributed by atoms with E-state index in [4.69, 9.17) is 9.47 Å². The fourth-order valence-corrected chi connectivity index (χ4v) is 3.88. The van der Waals surface area contributed by atoms with Crippen molar-refractivity contribution in [2.75, 3.05) is 30.3 Å². The monoisotopic (exact) mass is 576 g/mol. The maximum Gasteiger partial charge on any atom is 0.407 e. The average molecular weight is 577 g/mol. The minimum absolute atomic E-state index is 0.156. The number of amides is 2. The van der Waals surface area contributed by atoms with Crippen molar-refractivity contribution in [2.24, 2.45) is 0 Å². The second kappa shape index (κ2) is 15.9. The number of hydrogen-bond donors (Lipinski definition) is 4. The Balaban J connectivity index is 1.43. The van der Waals surface area contributed by atoms with Crippen LogP contribution in [0.4, 0.5) is 27.8 Å². The van der Waals surface area contributed by atoms with Crippen molar-refractivity contribution in [1.82, 2.24) is 20.6 Å². The van der Waals surface area contributed by atoms with E-state index in [0.717, 1.165) is 25.7 Å². The van der Waals surface area contributed by atoms with Gasteiger partial charge >= 0.3 is 12.1 Å². The number of hydrogen-bond acceptors (Lipinski definition) is 9. The van der Waals surface area contributed by atoms with Gasteiger partial charge in [0.1, 0.15) is 23.6 Å². The fraction of sp³-hybridized carbons (Fsp3) is 0.387. The van der Waals surface area contributed by atoms with Crippen LogP contribution in [-0.2, 0) is 9.47 Å². The molecule has 0 bridgehead atoms. The van der Waals surface area contributed by atoms with Gasteiger partial charge in [0.05, 0.1) is 12.2 Å². The average Bonchev–Trinajstić information content (AvgIpc) is 2.94. The molecular weight excluding hydrogens is 536 g/mol. The van der Waals surface area contributed by atoms with Crippen molar-refractivity contribution >= 4 is 41.0 Å². The Bertz CT molecular complexity index is 1340. The Labute approximate surface area is 246 Å². The van der Waals surface area contributed by atoms with Crippen molar-refractivity contribution in [3.05, 3.63) is 72.1 Å². The molecule has 0 fully saturated rings. The molecule has 1 aromatic heterocycles. The molecule has 11 heteroatoms. The Kier molecular flexibility index (Phi) is 12.1. The highest BCUT2D eigenvalue weighted by Gasteiger charge is 2.15. The summed E-state index contributed by atoms with van der Waals surface area (Å²) in [5.74, 6) is 0.521. The summed E-state index contributed by atoms with van der Waals surface area (Å²) in [6.45, 7) is 8.69. The van der Waals surface area contributed by atoms with Gasteiger partial charge in [0.25, 0.3) is 5.91 Å². The molecule has 2 aromatic carbocycles. The van der Waals surface area contributed by atoms with Crippen LogP contribution in [0, 0.1) is 0 Å². The fourth-order valence-electron chi connectivity index (χ4n) is 3.88. The number of carbonyl (C=O) groups is 3. The van der Waals surface area contributed by atoms with Gasteiger partial charge in [0.2, 0.25) is 0 Å². The van der Waals surface area contributed by atoms with Crippen LogP contribution in [-0.4, -0.2) is 53.2 Å². The van der Waals surface area contributed by atoms with Gasteiger partial charge in [0, 0.05) is 36.1 Å². The molecule has 224 valence electrons. The van der Waals surface area contributed by atoms with Gasteiger partial charge in [-0.2, -0.15) is 0 Å². The summed E-state index contributed by atoms with van der Waals surface area (Å²) in [6.07, 6.45) is 4.59. The molecule has 1 heterocycles. The first kappa shape index (κ1) is 31.9. The Hall–Kier alpha value is -4.67. The molecule has 0 saturated carbocycles. The number of carbonyl (C=O) groups excluding carboxylic acids is 3. The molecule has 42 heavy (non-hydrogen) atoms. The third-order valence-corrected chi connectivity index (χ3v) is 5.77. The third-order valence-electron chi connectivity index (χ3n) is 5.77. The van der Waals surface area contributed by atoms with E-state index in [1.165, 1.54) is 6.33 Å². The number of anilines is 4. The van der Waals surface area contributed by atoms with E-state index < -0.39 is 11.7 Å². The summed E-state index contributed by atoms with van der Waals surface area (Å²) in [5, 5.41) is 12.1. The molecule has 4 N–H and O–H groups in total. The lowest BCUT2D eigenvalue weighted by molar-refractivity contribution is 0.0516. The number of ether oxygens (including phenoxy) is 2. The molecule has 11 nitrogen and oxygen atoms in total. The minimum Gasteiger partial charge on any atom is -0.462 e. The Morgan fingerprint density at radius 1 is 0.762 bits per heavy atom. The lowest BCUT2D eigenvalue weighted by Gasteiger charge is -2.19. The van der Waals surface area contributed by atoms with E-state index in [-0.39, 0.29) is 11.9 Å². The highest BCUT2D eigenvalue weighted by atomic mass is 16.6. The number of aromatic nitrogens is 2. The molecule has 0 unspecified atom stereocenters. The topological polar surface area (TPSA) is 144 Å². The van der Waals surface area contributed by atoms with Crippen molar-refractivity contribution < 1.29 is 23.9 Å². The second-order valence-corrected chi connectivity index (χ2v) is 10.5. The van der Waals surface area contributed by atoms with Gasteiger partial charge in [-0.25, -0.2) is 19.6 Å². The van der Waals surface area contributed by atoms with Gasteiger partial charge in [0.15, 0.2) is 0 Å². The first-order valence-corrected chi connectivity index (χ1v) is 14.1. The largest absolute Gasteiger partial charge is 0.462 e. The van der Waals surface area contributed by atoms with Crippen LogP contribution in [0.2, 0.25) is 0 Å². The van der Waals surface area contributed by atoms with Crippen LogP contribution in [0.3, 0.4) is 0 Å². The molecule has 0 atom stereocenters. The van der Waals surface area contributed by atoms with Crippen molar-refractivity contribution in [3.63, 3.8) is 0 Å². The molecule has 0 saturated heterocycles. The molecule has 0 radical (unpaired) electrons. The maximum atomic E-state index is 12.7. The van der Waals surface area contributed by atoms with Crippen LogP contribution in [0.15, 0.2) is 60.9 Å². The van der Waals surface area contributed by atoms with E-state index >= 15 is 0 Å². The van der Waals surface area contributed by atoms with E-state index in [1.807, 2.05) is 32.9 Å². The van der Waals surface area contributed by atoms with Crippen molar-refractivity contribution in [2.45, 2.75) is 59.0 Å². The number of alkyl carbamates (subject to hydrolysis) is 1. The van der Waals surface area contributed by atoms with Gasteiger partial charge in [-0.3, -0.25) is 4.79 Å². The molecule has 2 amide bonds. The summed E-state index contributed by atoms with van der Waals surface area (Å²) in [6, 6.07) is 15.9. The summed E-state index contributed by atoms with van der Waals surface area (Å²) in [4.78, 5) is 44.9. The van der Waals surface area contributed by atoms with Crippen LogP contribution < -0.4 is 21.3 Å². The number of nitrogens with one attached hydrogen (secondary N) is 4. The van der Waals surface area contributed by atoms with E-state index in [1.54, 1.807) is 49.4 Å². The van der Waals surface area contributed by atoms with Crippen LogP contribution in [0.5, 0.6) is 0 Å². The zero-order chi connectivity index (χ0) is 30.4. The van der Waals surface area contributed by atoms with Gasteiger partial charge in [-0.15, -0.1) is 0 Å². The second-order valence-electron chi connectivity index (χ2n) is 10.5. The lowest BCUT2D eigenvalue weighted by Crippen LogP contribution is -2.33. The SMILES string of the molecule is CCOC(=O)c1cccc(Nc2cc(Nc3cccc(C(=O)NCCCCCCNC(=O)OC(C)(C)C)c3)ncn2)c1. The minimum atomic E-state index is -0.503. The first-order chi connectivity index (χ1) is 20.1. The number of esters is 1. The molecular formula is C31H40N6O5. The molecule has 0 aliphatic rings. The van der Waals surface area contributed by atoms with E-state index in [2.05, 4.69) is 31.2 Å². The number of benzene rings is 2. The Morgan fingerprint density at radius 3 is 1.93 bits per heavy atom. The highest BCUT2D eigenvalue weighted by Crippen LogP contribution is 2.21. The van der Waals surface area contributed by atoms with Crippen molar-refractivity contribution in [1.29, 1.82) is 0 Å². The lowest BCUT2D eigenvalue weighted by atomic mass is 10.1. The summed E-state index contributed by atoms with van der Waals surface area (Å²) in [7, 11) is 0. The molecule has 0 spiro atoms. The first-order valence-electron chi connectivity index (χ1n) is 14.1. The van der Waals surface area contributed by atoms with E-state index in [0.29, 0.717) is 53.8 Å². The quantitative estimate of drug-likeness (QED) is 0.135. The van der Waals surface area contributed by atoms with E-state index in [9.17, 15) is 14.4 Å². The van der Waals surface area contributed by atoms with Crippen LogP contribution in [0.1, 0.15) is 74.1 Å². The highest BCUT2D eigenvalue weighted by molar-refractivity contribution is 5.95. The normalized spacial score (nSPS) is 10.9. The molecule has 3 aromatic rings. The summed E-state index contributed by atoms with van der Waals surface area (Å²) in [5.41, 5.74) is 1.86. The van der Waals surface area contributed by atoms with Crippen LogP contribution >= 0.6 is 0 Å². The zero-order valence-corrected chi connectivity index (χ0v) is 24.7. The predicted molar refractivity (Wildman–Crippen MR) is 162 cm³/mol. The molecule has 0 aliphatic heterocycles. The third kappa shape index (κ3) is 11.4. The number of unbranched alkanes of at least 4 members (excludes halogenated alkanes) is 3. The predicted octanol–water partition coefficient (Wildman–Crippen LogP) is 5.96. The summed E-state index contributed by atoms with van der Waals surface area (Å²) < 4.78 is 10.3. The molecule has 0 aliphatic carbocycles. The molecule has 3 rings (SSSR count). The standard InChI is InChI=1S/C31H40N6O5/c1-5-41-29(39)23-13-11-15-25(19-23)37-27-20-26(34-21-35-27)36-24-14-10-12-22(18-24)28(38)32-16-8-6-7-9-17-33-30(40)42-31(2,3)4/h10-15,18-21H,5-9,16-17H2,1-4H3,(H,32,38)(H,33,40)(H2,34,35,36,37). The Morgan fingerprint density at radius 2 is 1.33 bits per heavy atom. The maximum absolute atomic E-state index is 12.7. The van der Waals surface area contributed by atoms with Gasteiger partial charge < -0.3 is 30.7 Å². The van der Waals surface area contributed by atoms with Gasteiger partial charge in [-0.05, 0) is 76.9 Å². The van der Waals surface area contributed by atoms with Crippen molar-refractivity contribution in [3.8, 4) is 0 Å². The number of rotatable bonds is 14. The zero-order valence-electron chi connectivity index (χ0n) is 24.7. The van der Waals surface area contributed by atoms with Crippen LogP contribution in [0.25, 0.3) is 0 Å². The summed E-state index contributed by atoms with van der Waals surface area (Å²) >= 11 is 0. The van der Waals surface area contributed by atoms with Gasteiger partial charge in [-0.1, -0.05) is 25.0 Å². The number of nitrogens with zero attached hydrogens (tertiary/aromatic N) is 2.